The van der Waals surface area contributed by atoms with Crippen molar-refractivity contribution in [1.82, 2.24) is 10.6 Å². The highest BCUT2D eigenvalue weighted by atomic mass is 16.5. The minimum Gasteiger partial charge on any atom is -0.496 e. The monoisotopic (exact) mass is 348 g/mol. The second kappa shape index (κ2) is 8.50. The van der Waals surface area contributed by atoms with E-state index in [1.807, 2.05) is 0 Å². The average molecular weight is 348 g/mol. The van der Waals surface area contributed by atoms with Gasteiger partial charge in [-0.05, 0) is 36.5 Å². The molecule has 0 aliphatic heterocycles. The predicted octanol–water partition coefficient (Wildman–Crippen LogP) is 1.70. The molecule has 25 heavy (non-hydrogen) atoms. The smallest absolute Gasteiger partial charge is 0.339 e. The van der Waals surface area contributed by atoms with Crippen LogP contribution in [-0.4, -0.2) is 36.0 Å². The van der Waals surface area contributed by atoms with Gasteiger partial charge in [-0.3, -0.25) is 9.59 Å². The Morgan fingerprint density at radius 1 is 1.28 bits per heavy atom. The maximum atomic E-state index is 12.5. The molecule has 1 aliphatic carbocycles. The molecule has 1 aromatic rings. The molecule has 136 valence electrons. The summed E-state index contributed by atoms with van der Waals surface area (Å²) in [5.74, 6) is -1.15. The molecule has 2 amide bonds. The number of hydrogen-bond donors (Lipinski definition) is 3. The lowest BCUT2D eigenvalue weighted by molar-refractivity contribution is -0.129. The van der Waals surface area contributed by atoms with Gasteiger partial charge in [0.25, 0.3) is 0 Å². The average Bonchev–Trinajstić information content (AvgIpc) is 3.11. The fraction of sp³-hybridized carbons (Fsp3) is 0.500. The van der Waals surface area contributed by atoms with Gasteiger partial charge in [-0.2, -0.15) is 0 Å². The van der Waals surface area contributed by atoms with E-state index in [0.717, 1.165) is 25.7 Å². The molecule has 3 N–H and O–H groups in total. The summed E-state index contributed by atoms with van der Waals surface area (Å²) in [5, 5.41) is 14.8. The number of nitrogens with one attached hydrogen (secondary N) is 2. The standard InChI is InChI=1S/C18H24N2O5/c1-11(21)20-16(13-5-3-4-6-13)17(22)19-10-12-7-8-15(25-2)14(9-12)18(23)24/h7-9,13,16H,3-6,10H2,1-2H3,(H,19,22)(H,20,21)(H,23,24)/t16-/m0/s1. The predicted molar refractivity (Wildman–Crippen MR) is 91.4 cm³/mol. The molecular weight excluding hydrogens is 324 g/mol. The summed E-state index contributed by atoms with van der Waals surface area (Å²) in [6.45, 7) is 1.59. The number of carbonyl (C=O) groups excluding carboxylic acids is 2. The van der Waals surface area contributed by atoms with Crippen LogP contribution in [0.3, 0.4) is 0 Å². The molecule has 0 aromatic heterocycles. The maximum Gasteiger partial charge on any atom is 0.339 e. The van der Waals surface area contributed by atoms with Crippen molar-refractivity contribution < 1.29 is 24.2 Å². The van der Waals surface area contributed by atoms with Gasteiger partial charge in [-0.1, -0.05) is 18.9 Å². The van der Waals surface area contributed by atoms with Gasteiger partial charge in [0.15, 0.2) is 0 Å². The van der Waals surface area contributed by atoms with E-state index < -0.39 is 12.0 Å². The Morgan fingerprint density at radius 3 is 2.52 bits per heavy atom. The van der Waals surface area contributed by atoms with E-state index in [0.29, 0.717) is 5.56 Å². The summed E-state index contributed by atoms with van der Waals surface area (Å²) in [6.07, 6.45) is 3.97. The van der Waals surface area contributed by atoms with Crippen LogP contribution < -0.4 is 15.4 Å². The fourth-order valence-electron chi connectivity index (χ4n) is 3.24. The Morgan fingerprint density at radius 2 is 1.96 bits per heavy atom. The minimum atomic E-state index is -1.09. The van der Waals surface area contributed by atoms with E-state index in [1.54, 1.807) is 12.1 Å². The molecule has 0 spiro atoms. The zero-order valence-electron chi connectivity index (χ0n) is 14.5. The van der Waals surface area contributed by atoms with E-state index in [4.69, 9.17) is 4.74 Å². The van der Waals surface area contributed by atoms with Crippen LogP contribution in [0.25, 0.3) is 0 Å². The summed E-state index contributed by atoms with van der Waals surface area (Å²) >= 11 is 0. The lowest BCUT2D eigenvalue weighted by Crippen LogP contribution is -2.49. The Hall–Kier alpha value is -2.57. The quantitative estimate of drug-likeness (QED) is 0.696. The summed E-state index contributed by atoms with van der Waals surface area (Å²) in [4.78, 5) is 35.2. The number of carbonyl (C=O) groups is 3. The first-order valence-electron chi connectivity index (χ1n) is 8.37. The molecule has 0 radical (unpaired) electrons. The lowest BCUT2D eigenvalue weighted by Gasteiger charge is -2.23. The number of aromatic carboxylic acids is 1. The minimum absolute atomic E-state index is 0.0449. The molecule has 0 saturated heterocycles. The largest absolute Gasteiger partial charge is 0.496 e. The summed E-state index contributed by atoms with van der Waals surface area (Å²) in [6, 6.07) is 4.20. The van der Waals surface area contributed by atoms with Crippen molar-refractivity contribution in [3.05, 3.63) is 29.3 Å². The van der Waals surface area contributed by atoms with Gasteiger partial charge >= 0.3 is 5.97 Å². The van der Waals surface area contributed by atoms with Crippen LogP contribution in [0, 0.1) is 5.92 Å². The molecule has 1 saturated carbocycles. The number of hydrogen-bond acceptors (Lipinski definition) is 4. The molecule has 7 heteroatoms. The zero-order chi connectivity index (χ0) is 18.4. The van der Waals surface area contributed by atoms with Crippen LogP contribution in [0.4, 0.5) is 0 Å². The Kier molecular flexibility index (Phi) is 6.38. The number of rotatable bonds is 7. The van der Waals surface area contributed by atoms with Crippen LogP contribution in [0.15, 0.2) is 18.2 Å². The van der Waals surface area contributed by atoms with Crippen LogP contribution in [0.5, 0.6) is 5.75 Å². The van der Waals surface area contributed by atoms with E-state index >= 15 is 0 Å². The SMILES string of the molecule is COc1ccc(CNC(=O)[C@@H](NC(C)=O)C2CCCC2)cc1C(=O)O. The van der Waals surface area contributed by atoms with Crippen molar-refractivity contribution >= 4 is 17.8 Å². The fourth-order valence-corrected chi connectivity index (χ4v) is 3.24. The van der Waals surface area contributed by atoms with Gasteiger partial charge in [0.2, 0.25) is 11.8 Å². The van der Waals surface area contributed by atoms with Crippen LogP contribution in [0.1, 0.15) is 48.5 Å². The number of carboxylic acid groups (broad SMARTS) is 1. The summed E-state index contributed by atoms with van der Waals surface area (Å²) in [5.41, 5.74) is 0.697. The number of methoxy groups -OCH3 is 1. The second-order valence-corrected chi connectivity index (χ2v) is 6.28. The third-order valence-corrected chi connectivity index (χ3v) is 4.47. The van der Waals surface area contributed by atoms with Crippen LogP contribution >= 0.6 is 0 Å². The molecule has 0 heterocycles. The molecule has 2 rings (SSSR count). The Balaban J connectivity index is 2.05. The molecule has 0 unspecified atom stereocenters. The molecule has 7 nitrogen and oxygen atoms in total. The third-order valence-electron chi connectivity index (χ3n) is 4.47. The normalized spacial score (nSPS) is 15.4. The van der Waals surface area contributed by atoms with Crippen molar-refractivity contribution in [2.24, 2.45) is 5.92 Å². The molecule has 1 atom stereocenters. The number of amides is 2. The first-order valence-corrected chi connectivity index (χ1v) is 8.37. The van der Waals surface area contributed by atoms with Crippen LogP contribution in [0.2, 0.25) is 0 Å². The van der Waals surface area contributed by atoms with Gasteiger partial charge in [-0.15, -0.1) is 0 Å². The van der Waals surface area contributed by atoms with Crippen LogP contribution in [-0.2, 0) is 16.1 Å². The Bertz CT molecular complexity index is 653. The Labute approximate surface area is 146 Å². The zero-order valence-corrected chi connectivity index (χ0v) is 14.5. The second-order valence-electron chi connectivity index (χ2n) is 6.28. The highest BCUT2D eigenvalue weighted by Crippen LogP contribution is 2.28. The van der Waals surface area contributed by atoms with Crippen molar-refractivity contribution in [2.45, 2.75) is 45.2 Å². The molecule has 1 fully saturated rings. The number of ether oxygens (including phenoxy) is 1. The highest BCUT2D eigenvalue weighted by Gasteiger charge is 2.31. The summed E-state index contributed by atoms with van der Waals surface area (Å²) in [7, 11) is 1.41. The number of carboxylic acids is 1. The van der Waals surface area contributed by atoms with Gasteiger partial charge in [0, 0.05) is 13.5 Å². The van der Waals surface area contributed by atoms with Crippen molar-refractivity contribution in [1.29, 1.82) is 0 Å². The molecule has 1 aromatic carbocycles. The van der Waals surface area contributed by atoms with Gasteiger partial charge < -0.3 is 20.5 Å². The highest BCUT2D eigenvalue weighted by molar-refractivity contribution is 5.91. The topological polar surface area (TPSA) is 105 Å². The summed E-state index contributed by atoms with van der Waals surface area (Å²) < 4.78 is 5.02. The van der Waals surface area contributed by atoms with Crippen molar-refractivity contribution in [3.63, 3.8) is 0 Å². The third kappa shape index (κ3) is 4.95. The van der Waals surface area contributed by atoms with E-state index in [9.17, 15) is 19.5 Å². The molecule has 0 bridgehead atoms. The van der Waals surface area contributed by atoms with E-state index in [1.165, 1.54) is 20.1 Å². The maximum absolute atomic E-state index is 12.5. The van der Waals surface area contributed by atoms with E-state index in [2.05, 4.69) is 10.6 Å². The molecular formula is C18H24N2O5. The molecule has 1 aliphatic rings. The lowest BCUT2D eigenvalue weighted by atomic mass is 9.97. The first kappa shape index (κ1) is 18.8. The first-order chi connectivity index (χ1) is 11.9. The van der Waals surface area contributed by atoms with Gasteiger partial charge in [0.1, 0.15) is 17.4 Å². The van der Waals surface area contributed by atoms with Crippen molar-refractivity contribution in [3.8, 4) is 5.75 Å². The van der Waals surface area contributed by atoms with E-state index in [-0.39, 0.29) is 35.6 Å². The van der Waals surface area contributed by atoms with Gasteiger partial charge in [0.05, 0.1) is 7.11 Å². The van der Waals surface area contributed by atoms with Crippen molar-refractivity contribution in [2.75, 3.05) is 7.11 Å². The van der Waals surface area contributed by atoms with Gasteiger partial charge in [-0.25, -0.2) is 4.79 Å². The number of benzene rings is 1.